The number of hydrogen-bond donors (Lipinski definition) is 1. The van der Waals surface area contributed by atoms with E-state index in [0.717, 1.165) is 29.7 Å². The molecule has 4 nitrogen and oxygen atoms in total. The minimum Gasteiger partial charge on any atom is -0.445 e. The second kappa shape index (κ2) is 6.11. The second-order valence-electron chi connectivity index (χ2n) is 9.17. The van der Waals surface area contributed by atoms with Gasteiger partial charge in [0.15, 0.2) is 5.78 Å². The van der Waals surface area contributed by atoms with Crippen LogP contribution in [0.15, 0.2) is 24.3 Å². The van der Waals surface area contributed by atoms with Crippen molar-refractivity contribution in [1.29, 1.82) is 0 Å². The summed E-state index contributed by atoms with van der Waals surface area (Å²) in [7, 11) is 0. The van der Waals surface area contributed by atoms with Crippen LogP contribution in [0.1, 0.15) is 62.5 Å². The zero-order valence-corrected chi connectivity index (χ0v) is 15.2. The van der Waals surface area contributed by atoms with Crippen LogP contribution in [0.3, 0.4) is 0 Å². The number of alkyl carbamates (subject to hydrolysis) is 1. The molecule has 6 rings (SSSR count). The molecule has 0 unspecified atom stereocenters. The fourth-order valence-electron chi connectivity index (χ4n) is 6.31. The van der Waals surface area contributed by atoms with Gasteiger partial charge in [-0.25, -0.2) is 4.79 Å². The molecular formula is C22H27NO3. The molecule has 1 N–H and O–H groups in total. The molecular weight excluding hydrogens is 326 g/mol. The summed E-state index contributed by atoms with van der Waals surface area (Å²) in [5.41, 5.74) is 2.91. The van der Waals surface area contributed by atoms with E-state index in [-0.39, 0.29) is 18.4 Å². The van der Waals surface area contributed by atoms with Gasteiger partial charge >= 0.3 is 6.09 Å². The van der Waals surface area contributed by atoms with Gasteiger partial charge in [-0.05, 0) is 79.2 Å². The molecule has 5 fully saturated rings. The first kappa shape index (κ1) is 16.3. The minimum atomic E-state index is -0.492. The molecule has 1 atom stereocenters. The normalized spacial score (nSPS) is 37.3. The van der Waals surface area contributed by atoms with Crippen LogP contribution in [0, 0.1) is 17.8 Å². The molecule has 0 heterocycles. The van der Waals surface area contributed by atoms with E-state index >= 15 is 0 Å². The molecule has 1 aromatic carbocycles. The maximum Gasteiger partial charge on any atom is 0.408 e. The van der Waals surface area contributed by atoms with Gasteiger partial charge < -0.3 is 10.1 Å². The molecule has 138 valence electrons. The molecule has 1 aromatic rings. The molecule has 0 aromatic heterocycles. The van der Waals surface area contributed by atoms with Gasteiger partial charge in [-0.2, -0.15) is 0 Å². The Bertz CT molecular complexity index is 688. The number of ketones is 1. The van der Waals surface area contributed by atoms with E-state index in [0.29, 0.717) is 11.8 Å². The van der Waals surface area contributed by atoms with Crippen LogP contribution < -0.4 is 5.32 Å². The number of rotatable bonds is 4. The van der Waals surface area contributed by atoms with Crippen molar-refractivity contribution in [2.24, 2.45) is 17.8 Å². The van der Waals surface area contributed by atoms with Gasteiger partial charge in [0.25, 0.3) is 0 Å². The number of benzene rings is 1. The SMILES string of the molecule is O=C(N[C@H]1CCC1=O)OCc1ccc(C23CC4CC(CC(C4)C2)C3)cc1. The topological polar surface area (TPSA) is 55.4 Å². The van der Waals surface area contributed by atoms with Crippen molar-refractivity contribution >= 4 is 11.9 Å². The van der Waals surface area contributed by atoms with E-state index < -0.39 is 6.09 Å². The van der Waals surface area contributed by atoms with E-state index in [4.69, 9.17) is 4.74 Å². The Hall–Kier alpha value is -1.84. The van der Waals surface area contributed by atoms with Crippen LogP contribution in [0.4, 0.5) is 4.79 Å². The molecule has 5 saturated carbocycles. The lowest BCUT2D eigenvalue weighted by molar-refractivity contribution is -0.126. The molecule has 0 spiro atoms. The minimum absolute atomic E-state index is 0.0990. The number of ether oxygens (including phenoxy) is 1. The van der Waals surface area contributed by atoms with Crippen LogP contribution in [0.2, 0.25) is 0 Å². The molecule has 5 aliphatic carbocycles. The fourth-order valence-corrected chi connectivity index (χ4v) is 6.31. The molecule has 26 heavy (non-hydrogen) atoms. The average Bonchev–Trinajstić information content (AvgIpc) is 2.62. The van der Waals surface area contributed by atoms with Crippen LogP contribution in [-0.2, 0) is 21.6 Å². The zero-order chi connectivity index (χ0) is 17.7. The first-order chi connectivity index (χ1) is 12.6. The van der Waals surface area contributed by atoms with Gasteiger partial charge in [0.05, 0.1) is 6.04 Å². The van der Waals surface area contributed by atoms with Gasteiger partial charge in [-0.15, -0.1) is 0 Å². The fraction of sp³-hybridized carbons (Fsp3) is 0.636. The van der Waals surface area contributed by atoms with Crippen LogP contribution in [0.5, 0.6) is 0 Å². The van der Waals surface area contributed by atoms with E-state index in [1.165, 1.54) is 44.1 Å². The van der Waals surface area contributed by atoms with Gasteiger partial charge in [0.2, 0.25) is 0 Å². The summed E-state index contributed by atoms with van der Waals surface area (Å²) < 4.78 is 5.27. The quantitative estimate of drug-likeness (QED) is 0.886. The van der Waals surface area contributed by atoms with Gasteiger partial charge in [0.1, 0.15) is 6.61 Å². The van der Waals surface area contributed by atoms with Crippen molar-refractivity contribution in [3.63, 3.8) is 0 Å². The van der Waals surface area contributed by atoms with Crippen molar-refractivity contribution in [3.05, 3.63) is 35.4 Å². The van der Waals surface area contributed by atoms with Gasteiger partial charge in [-0.1, -0.05) is 24.3 Å². The summed E-state index contributed by atoms with van der Waals surface area (Å²) in [5, 5.41) is 2.63. The van der Waals surface area contributed by atoms with Gasteiger partial charge in [0, 0.05) is 6.42 Å². The second-order valence-corrected chi connectivity index (χ2v) is 9.17. The van der Waals surface area contributed by atoms with Crippen molar-refractivity contribution < 1.29 is 14.3 Å². The van der Waals surface area contributed by atoms with Crippen molar-refractivity contribution in [1.82, 2.24) is 5.32 Å². The lowest BCUT2D eigenvalue weighted by Crippen LogP contribution is -2.48. The summed E-state index contributed by atoms with van der Waals surface area (Å²) in [5.74, 6) is 2.94. The molecule has 0 radical (unpaired) electrons. The number of carbonyl (C=O) groups is 2. The Labute approximate surface area is 154 Å². The van der Waals surface area contributed by atoms with E-state index in [2.05, 4.69) is 29.6 Å². The number of nitrogens with one attached hydrogen (secondary N) is 1. The molecule has 4 bridgehead atoms. The number of hydrogen-bond acceptors (Lipinski definition) is 3. The molecule has 4 heteroatoms. The van der Waals surface area contributed by atoms with Crippen molar-refractivity contribution in [3.8, 4) is 0 Å². The largest absolute Gasteiger partial charge is 0.445 e. The third-order valence-corrected chi connectivity index (χ3v) is 7.33. The number of carbonyl (C=O) groups excluding carboxylic acids is 2. The summed E-state index contributed by atoms with van der Waals surface area (Å²) >= 11 is 0. The van der Waals surface area contributed by atoms with Crippen LogP contribution in [-0.4, -0.2) is 17.9 Å². The highest BCUT2D eigenvalue weighted by Crippen LogP contribution is 2.60. The van der Waals surface area contributed by atoms with Crippen molar-refractivity contribution in [2.75, 3.05) is 0 Å². The lowest BCUT2D eigenvalue weighted by Gasteiger charge is -2.57. The summed E-state index contributed by atoms with van der Waals surface area (Å²) in [6.45, 7) is 0.258. The number of amides is 1. The summed E-state index contributed by atoms with van der Waals surface area (Å²) in [6.07, 6.45) is 9.29. The summed E-state index contributed by atoms with van der Waals surface area (Å²) in [6, 6.07) is 8.41. The highest BCUT2D eigenvalue weighted by molar-refractivity contribution is 5.92. The lowest BCUT2D eigenvalue weighted by atomic mass is 9.48. The monoisotopic (exact) mass is 353 g/mol. The van der Waals surface area contributed by atoms with Crippen LogP contribution in [0.25, 0.3) is 0 Å². The molecule has 0 saturated heterocycles. The van der Waals surface area contributed by atoms with E-state index in [1.54, 1.807) is 0 Å². The Morgan fingerprint density at radius 3 is 2.15 bits per heavy atom. The Morgan fingerprint density at radius 1 is 1.04 bits per heavy atom. The van der Waals surface area contributed by atoms with Gasteiger partial charge in [-0.3, -0.25) is 4.79 Å². The Kier molecular flexibility index (Phi) is 3.84. The Balaban J connectivity index is 1.21. The van der Waals surface area contributed by atoms with E-state index in [1.807, 2.05) is 0 Å². The highest BCUT2D eigenvalue weighted by Gasteiger charge is 2.51. The maximum atomic E-state index is 11.8. The summed E-state index contributed by atoms with van der Waals surface area (Å²) in [4.78, 5) is 23.0. The first-order valence-electron chi connectivity index (χ1n) is 10.2. The van der Waals surface area contributed by atoms with E-state index in [9.17, 15) is 9.59 Å². The standard InChI is InChI=1S/C22H27NO3/c24-20-6-5-19(20)23-21(25)26-13-14-1-3-18(4-2-14)22-10-15-7-16(11-22)9-17(8-15)12-22/h1-4,15-17,19H,5-13H2,(H,23,25)/t15?,16?,17?,19-,22?/m0/s1. The maximum absolute atomic E-state index is 11.8. The Morgan fingerprint density at radius 2 is 1.65 bits per heavy atom. The third kappa shape index (κ3) is 2.83. The first-order valence-corrected chi connectivity index (χ1v) is 10.2. The number of Topliss-reactive ketones (excluding diaryl/α,β-unsaturated/α-hetero) is 1. The highest BCUT2D eigenvalue weighted by atomic mass is 16.5. The smallest absolute Gasteiger partial charge is 0.408 e. The van der Waals surface area contributed by atoms with Crippen LogP contribution >= 0.6 is 0 Å². The zero-order valence-electron chi connectivity index (χ0n) is 15.2. The molecule has 1 amide bonds. The third-order valence-electron chi connectivity index (χ3n) is 7.33. The predicted octanol–water partition coefficient (Wildman–Crippen LogP) is 4.11. The van der Waals surface area contributed by atoms with Crippen molar-refractivity contribution in [2.45, 2.75) is 69.4 Å². The average molecular weight is 353 g/mol. The predicted molar refractivity (Wildman–Crippen MR) is 97.6 cm³/mol. The molecule has 5 aliphatic rings. The molecule has 0 aliphatic heterocycles.